The Morgan fingerprint density at radius 1 is 1.25 bits per heavy atom. The zero-order valence-corrected chi connectivity index (χ0v) is 12.8. The van der Waals surface area contributed by atoms with Crippen LogP contribution >= 0.6 is 0 Å². The van der Waals surface area contributed by atoms with Crippen molar-refractivity contribution in [2.75, 3.05) is 45.1 Å². The molecular weight excluding hydrogens is 250 g/mol. The van der Waals surface area contributed by atoms with Crippen molar-refractivity contribution in [3.05, 3.63) is 29.3 Å². The number of carbonyl (C=O) groups is 1. The molecule has 1 amide bonds. The van der Waals surface area contributed by atoms with E-state index in [1.54, 1.807) is 0 Å². The van der Waals surface area contributed by atoms with Gasteiger partial charge in [-0.15, -0.1) is 0 Å². The molecule has 1 fully saturated rings. The number of aryl methyl sites for hydroxylation is 1. The van der Waals surface area contributed by atoms with Gasteiger partial charge >= 0.3 is 0 Å². The van der Waals surface area contributed by atoms with Crippen molar-refractivity contribution >= 4 is 11.6 Å². The molecule has 1 aromatic carbocycles. The van der Waals surface area contributed by atoms with E-state index in [1.807, 2.05) is 30.0 Å². The fourth-order valence-electron chi connectivity index (χ4n) is 2.60. The van der Waals surface area contributed by atoms with E-state index in [0.717, 1.165) is 56.0 Å². The van der Waals surface area contributed by atoms with E-state index in [1.165, 1.54) is 0 Å². The normalized spacial score (nSPS) is 16.9. The molecular formula is C16H25N3O. The highest BCUT2D eigenvalue weighted by molar-refractivity contribution is 5.99. The van der Waals surface area contributed by atoms with Crippen molar-refractivity contribution in [1.82, 2.24) is 9.80 Å². The van der Waals surface area contributed by atoms with Crippen LogP contribution in [0.1, 0.15) is 29.3 Å². The first-order valence-corrected chi connectivity index (χ1v) is 7.44. The Balaban J connectivity index is 2.21. The van der Waals surface area contributed by atoms with Crippen LogP contribution in [0.5, 0.6) is 0 Å². The van der Waals surface area contributed by atoms with E-state index in [-0.39, 0.29) is 5.91 Å². The molecule has 0 spiro atoms. The van der Waals surface area contributed by atoms with Crippen LogP contribution in [0, 0.1) is 6.92 Å². The summed E-state index contributed by atoms with van der Waals surface area (Å²) in [7, 11) is 2.12. The third-order valence-electron chi connectivity index (χ3n) is 3.78. The molecule has 1 saturated heterocycles. The van der Waals surface area contributed by atoms with Crippen LogP contribution in [0.3, 0.4) is 0 Å². The lowest BCUT2D eigenvalue weighted by atomic mass is 10.1. The topological polar surface area (TPSA) is 35.6 Å². The van der Waals surface area contributed by atoms with Gasteiger partial charge in [-0.25, -0.2) is 0 Å². The Labute approximate surface area is 121 Å². The fraction of sp³-hybridized carbons (Fsp3) is 0.562. The van der Waals surface area contributed by atoms with E-state index >= 15 is 0 Å². The van der Waals surface area contributed by atoms with Gasteiger partial charge in [-0.05, 0) is 46.0 Å². The molecule has 2 rings (SSSR count). The average molecular weight is 275 g/mol. The SMILES string of the molecule is CCNc1ccc(C)cc1C(=O)N1CCCN(C)CC1. The molecule has 1 aliphatic heterocycles. The highest BCUT2D eigenvalue weighted by Gasteiger charge is 2.21. The van der Waals surface area contributed by atoms with Gasteiger partial charge in [0.15, 0.2) is 0 Å². The van der Waals surface area contributed by atoms with Crippen LogP contribution in [0.4, 0.5) is 5.69 Å². The van der Waals surface area contributed by atoms with Gasteiger partial charge < -0.3 is 15.1 Å². The standard InChI is InChI=1S/C16H25N3O/c1-4-17-15-7-6-13(2)12-14(15)16(20)19-9-5-8-18(3)10-11-19/h6-7,12,17H,4-5,8-11H2,1-3H3. The molecule has 0 unspecified atom stereocenters. The second-order valence-corrected chi connectivity index (χ2v) is 5.53. The van der Waals surface area contributed by atoms with E-state index in [0.29, 0.717) is 0 Å². The summed E-state index contributed by atoms with van der Waals surface area (Å²) in [5, 5.41) is 3.29. The first-order valence-electron chi connectivity index (χ1n) is 7.44. The van der Waals surface area contributed by atoms with Gasteiger partial charge in [-0.2, -0.15) is 0 Å². The lowest BCUT2D eigenvalue weighted by Gasteiger charge is -2.22. The summed E-state index contributed by atoms with van der Waals surface area (Å²) in [5.41, 5.74) is 2.87. The maximum absolute atomic E-state index is 12.8. The molecule has 110 valence electrons. The molecule has 0 saturated carbocycles. The van der Waals surface area contributed by atoms with Gasteiger partial charge in [0, 0.05) is 31.9 Å². The van der Waals surface area contributed by atoms with Crippen LogP contribution in [0.2, 0.25) is 0 Å². The molecule has 4 heteroatoms. The van der Waals surface area contributed by atoms with E-state index in [4.69, 9.17) is 0 Å². The molecule has 1 aliphatic rings. The van der Waals surface area contributed by atoms with Gasteiger partial charge in [0.25, 0.3) is 5.91 Å². The number of benzene rings is 1. The molecule has 0 atom stereocenters. The van der Waals surface area contributed by atoms with Crippen LogP contribution in [-0.4, -0.2) is 55.5 Å². The smallest absolute Gasteiger partial charge is 0.256 e. The van der Waals surface area contributed by atoms with Gasteiger partial charge in [0.1, 0.15) is 0 Å². The van der Waals surface area contributed by atoms with Gasteiger partial charge in [-0.1, -0.05) is 11.6 Å². The Morgan fingerprint density at radius 2 is 2.05 bits per heavy atom. The molecule has 0 bridgehead atoms. The number of nitrogens with zero attached hydrogens (tertiary/aromatic N) is 2. The zero-order chi connectivity index (χ0) is 14.5. The second kappa shape index (κ2) is 6.75. The monoisotopic (exact) mass is 275 g/mol. The molecule has 4 nitrogen and oxygen atoms in total. The van der Waals surface area contributed by atoms with Crippen molar-refractivity contribution in [3.63, 3.8) is 0 Å². The maximum Gasteiger partial charge on any atom is 0.256 e. The predicted molar refractivity (Wildman–Crippen MR) is 83.4 cm³/mol. The zero-order valence-electron chi connectivity index (χ0n) is 12.8. The molecule has 1 heterocycles. The highest BCUT2D eigenvalue weighted by atomic mass is 16.2. The minimum absolute atomic E-state index is 0.153. The molecule has 0 aliphatic carbocycles. The average Bonchev–Trinajstić information content (AvgIpc) is 2.65. The van der Waals surface area contributed by atoms with Gasteiger partial charge in [0.2, 0.25) is 0 Å². The first-order chi connectivity index (χ1) is 9.61. The minimum atomic E-state index is 0.153. The van der Waals surface area contributed by atoms with Crippen molar-refractivity contribution in [2.24, 2.45) is 0 Å². The fourth-order valence-corrected chi connectivity index (χ4v) is 2.60. The molecule has 1 N–H and O–H groups in total. The van der Waals surface area contributed by atoms with Gasteiger partial charge in [-0.3, -0.25) is 4.79 Å². The molecule has 20 heavy (non-hydrogen) atoms. The largest absolute Gasteiger partial charge is 0.385 e. The number of rotatable bonds is 3. The number of anilines is 1. The van der Waals surface area contributed by atoms with Crippen LogP contribution in [0.15, 0.2) is 18.2 Å². The third-order valence-corrected chi connectivity index (χ3v) is 3.78. The summed E-state index contributed by atoms with van der Waals surface area (Å²) in [6, 6.07) is 6.05. The lowest BCUT2D eigenvalue weighted by molar-refractivity contribution is 0.0763. The van der Waals surface area contributed by atoms with Crippen molar-refractivity contribution in [2.45, 2.75) is 20.3 Å². The summed E-state index contributed by atoms with van der Waals surface area (Å²) in [4.78, 5) is 17.0. The molecule has 1 aromatic rings. The van der Waals surface area contributed by atoms with Crippen LogP contribution in [0.25, 0.3) is 0 Å². The Bertz CT molecular complexity index is 473. The number of nitrogens with one attached hydrogen (secondary N) is 1. The summed E-state index contributed by atoms with van der Waals surface area (Å²) in [5.74, 6) is 0.153. The quantitative estimate of drug-likeness (QED) is 0.918. The first kappa shape index (κ1) is 14.9. The van der Waals surface area contributed by atoms with E-state index < -0.39 is 0 Å². The third kappa shape index (κ3) is 3.51. The van der Waals surface area contributed by atoms with E-state index in [9.17, 15) is 4.79 Å². The van der Waals surface area contributed by atoms with Crippen molar-refractivity contribution < 1.29 is 4.79 Å². The van der Waals surface area contributed by atoms with E-state index in [2.05, 4.69) is 24.2 Å². The van der Waals surface area contributed by atoms with Crippen molar-refractivity contribution in [1.29, 1.82) is 0 Å². The van der Waals surface area contributed by atoms with Crippen LogP contribution in [-0.2, 0) is 0 Å². The number of amides is 1. The molecule has 0 radical (unpaired) electrons. The van der Waals surface area contributed by atoms with Crippen LogP contribution < -0.4 is 5.32 Å². The summed E-state index contributed by atoms with van der Waals surface area (Å²) < 4.78 is 0. The summed E-state index contributed by atoms with van der Waals surface area (Å²) in [6.45, 7) is 8.59. The maximum atomic E-state index is 12.8. The van der Waals surface area contributed by atoms with Gasteiger partial charge in [0.05, 0.1) is 5.56 Å². The number of likely N-dealkylation sites (N-methyl/N-ethyl adjacent to an activating group) is 1. The second-order valence-electron chi connectivity index (χ2n) is 5.53. The number of hydrogen-bond acceptors (Lipinski definition) is 3. The highest BCUT2D eigenvalue weighted by Crippen LogP contribution is 2.20. The lowest BCUT2D eigenvalue weighted by Crippen LogP contribution is -2.35. The minimum Gasteiger partial charge on any atom is -0.385 e. The Kier molecular flexibility index (Phi) is 5.01. The summed E-state index contributed by atoms with van der Waals surface area (Å²) >= 11 is 0. The predicted octanol–water partition coefficient (Wildman–Crippen LogP) is 2.20. The summed E-state index contributed by atoms with van der Waals surface area (Å²) in [6.07, 6.45) is 1.05. The van der Waals surface area contributed by atoms with Crippen molar-refractivity contribution in [3.8, 4) is 0 Å². The number of hydrogen-bond donors (Lipinski definition) is 1. The Morgan fingerprint density at radius 3 is 2.80 bits per heavy atom. The Hall–Kier alpha value is -1.55. The molecule has 0 aromatic heterocycles. The number of carbonyl (C=O) groups excluding carboxylic acids is 1.